The zero-order valence-electron chi connectivity index (χ0n) is 11.2. The molecule has 1 aliphatic rings. The largest absolute Gasteiger partial charge is 0.383 e. The molecule has 4 nitrogen and oxygen atoms in total. The molecule has 3 N–H and O–H groups in total. The van der Waals surface area contributed by atoms with Crippen LogP contribution in [-0.4, -0.2) is 28.8 Å². The van der Waals surface area contributed by atoms with Crippen LogP contribution in [0.5, 0.6) is 0 Å². The first-order valence-electron chi connectivity index (χ1n) is 6.65. The van der Waals surface area contributed by atoms with E-state index in [0.29, 0.717) is 0 Å². The molecule has 0 aliphatic carbocycles. The first-order chi connectivity index (χ1) is 8.60. The summed E-state index contributed by atoms with van der Waals surface area (Å²) in [7, 11) is 0. The fourth-order valence-corrected chi connectivity index (χ4v) is 3.39. The third kappa shape index (κ3) is 3.09. The number of likely N-dealkylation sites (tertiary alicyclic amines) is 1. The highest BCUT2D eigenvalue weighted by molar-refractivity contribution is 7.13. The van der Waals surface area contributed by atoms with Crippen molar-refractivity contribution in [2.75, 3.05) is 13.1 Å². The number of thiazole rings is 1. The molecule has 0 amide bonds. The Hall–Kier alpha value is -0.940. The second kappa shape index (κ2) is 5.80. The van der Waals surface area contributed by atoms with E-state index in [1.807, 2.05) is 0 Å². The Morgan fingerprint density at radius 1 is 1.50 bits per heavy atom. The van der Waals surface area contributed by atoms with Crippen molar-refractivity contribution in [3.8, 4) is 0 Å². The van der Waals surface area contributed by atoms with E-state index in [4.69, 9.17) is 11.1 Å². The lowest BCUT2D eigenvalue weighted by atomic mass is 9.99. The van der Waals surface area contributed by atoms with Gasteiger partial charge >= 0.3 is 0 Å². The lowest BCUT2D eigenvalue weighted by Gasteiger charge is -2.29. The van der Waals surface area contributed by atoms with Crippen molar-refractivity contribution in [2.45, 2.75) is 39.7 Å². The smallest absolute Gasteiger partial charge is 0.135 e. The summed E-state index contributed by atoms with van der Waals surface area (Å²) in [5.74, 6) is 1.01. The average Bonchev–Trinajstić information content (AvgIpc) is 2.75. The number of nitrogens with two attached hydrogens (primary N) is 1. The van der Waals surface area contributed by atoms with E-state index in [1.165, 1.54) is 12.8 Å². The fraction of sp³-hybridized carbons (Fsp3) is 0.692. The van der Waals surface area contributed by atoms with Crippen LogP contribution in [0, 0.1) is 11.3 Å². The number of nitrogens with zero attached hydrogens (tertiary/aromatic N) is 2. The molecule has 1 fully saturated rings. The molecule has 0 radical (unpaired) electrons. The minimum atomic E-state index is 0.155. The Labute approximate surface area is 113 Å². The van der Waals surface area contributed by atoms with Gasteiger partial charge in [-0.3, -0.25) is 10.3 Å². The number of rotatable bonds is 4. The Morgan fingerprint density at radius 3 is 2.67 bits per heavy atom. The lowest BCUT2D eigenvalue weighted by Crippen LogP contribution is -2.32. The quantitative estimate of drug-likeness (QED) is 0.648. The molecular formula is C13H22N4S. The SMILES string of the molecule is CCc1nc(CN2CCC(C)CC2)sc1C(=N)N. The summed E-state index contributed by atoms with van der Waals surface area (Å²) >= 11 is 1.58. The van der Waals surface area contributed by atoms with Gasteiger partial charge in [0.2, 0.25) is 0 Å². The molecule has 1 aromatic rings. The number of piperidine rings is 1. The number of aromatic nitrogens is 1. The summed E-state index contributed by atoms with van der Waals surface area (Å²) in [4.78, 5) is 7.94. The molecule has 1 saturated heterocycles. The minimum Gasteiger partial charge on any atom is -0.383 e. The van der Waals surface area contributed by atoms with Crippen molar-refractivity contribution in [3.05, 3.63) is 15.6 Å². The Balaban J connectivity index is 2.03. The van der Waals surface area contributed by atoms with Crippen molar-refractivity contribution in [2.24, 2.45) is 11.7 Å². The second-order valence-electron chi connectivity index (χ2n) is 5.11. The number of aryl methyl sites for hydroxylation is 1. The van der Waals surface area contributed by atoms with Crippen molar-refractivity contribution in [3.63, 3.8) is 0 Å². The molecular weight excluding hydrogens is 244 g/mol. The van der Waals surface area contributed by atoms with Crippen LogP contribution in [0.3, 0.4) is 0 Å². The van der Waals surface area contributed by atoms with E-state index in [-0.39, 0.29) is 5.84 Å². The number of hydrogen-bond acceptors (Lipinski definition) is 4. The summed E-state index contributed by atoms with van der Waals surface area (Å²) in [6.45, 7) is 7.63. The van der Waals surface area contributed by atoms with Gasteiger partial charge in [-0.05, 0) is 38.3 Å². The summed E-state index contributed by atoms with van der Waals surface area (Å²) in [5, 5.41) is 8.68. The fourth-order valence-electron chi connectivity index (χ4n) is 2.33. The number of nitrogens with one attached hydrogen (secondary N) is 1. The van der Waals surface area contributed by atoms with E-state index in [2.05, 4.69) is 23.7 Å². The molecule has 0 bridgehead atoms. The first kappa shape index (κ1) is 13.5. The van der Waals surface area contributed by atoms with Gasteiger partial charge in [-0.1, -0.05) is 13.8 Å². The Morgan fingerprint density at radius 2 is 2.17 bits per heavy atom. The number of hydrogen-bond donors (Lipinski definition) is 2. The molecule has 0 atom stereocenters. The van der Waals surface area contributed by atoms with E-state index >= 15 is 0 Å². The monoisotopic (exact) mass is 266 g/mol. The van der Waals surface area contributed by atoms with Crippen LogP contribution in [0.2, 0.25) is 0 Å². The van der Waals surface area contributed by atoms with Gasteiger partial charge in [0.25, 0.3) is 0 Å². The third-order valence-electron chi connectivity index (χ3n) is 3.56. The van der Waals surface area contributed by atoms with Crippen LogP contribution in [0.25, 0.3) is 0 Å². The van der Waals surface area contributed by atoms with Gasteiger partial charge < -0.3 is 5.73 Å². The predicted molar refractivity (Wildman–Crippen MR) is 76.2 cm³/mol. The Kier molecular flexibility index (Phi) is 4.35. The minimum absolute atomic E-state index is 0.155. The molecule has 100 valence electrons. The average molecular weight is 266 g/mol. The predicted octanol–water partition coefficient (Wildman–Crippen LogP) is 2.22. The third-order valence-corrected chi connectivity index (χ3v) is 4.67. The Bertz CT molecular complexity index is 419. The summed E-state index contributed by atoms with van der Waals surface area (Å²) in [6, 6.07) is 0. The second-order valence-corrected chi connectivity index (χ2v) is 6.19. The maximum Gasteiger partial charge on any atom is 0.135 e. The van der Waals surface area contributed by atoms with Crippen LogP contribution in [0.1, 0.15) is 42.3 Å². The highest BCUT2D eigenvalue weighted by Gasteiger charge is 2.18. The van der Waals surface area contributed by atoms with Gasteiger partial charge in [-0.15, -0.1) is 11.3 Å². The topological polar surface area (TPSA) is 66.0 Å². The molecule has 0 spiro atoms. The normalized spacial score (nSPS) is 18.1. The molecule has 5 heteroatoms. The van der Waals surface area contributed by atoms with Gasteiger partial charge in [-0.25, -0.2) is 4.98 Å². The van der Waals surface area contributed by atoms with Crippen molar-refractivity contribution >= 4 is 17.2 Å². The van der Waals surface area contributed by atoms with Crippen LogP contribution >= 0.6 is 11.3 Å². The molecule has 1 aromatic heterocycles. The highest BCUT2D eigenvalue weighted by atomic mass is 32.1. The van der Waals surface area contributed by atoms with Gasteiger partial charge in [0.05, 0.1) is 17.1 Å². The zero-order valence-corrected chi connectivity index (χ0v) is 12.0. The van der Waals surface area contributed by atoms with E-state index in [9.17, 15) is 0 Å². The standard InChI is InChI=1S/C13H22N4S/c1-3-10-12(13(14)15)18-11(16-10)8-17-6-4-9(2)5-7-17/h9H,3-8H2,1-2H3,(H3,14,15). The molecule has 18 heavy (non-hydrogen) atoms. The van der Waals surface area contributed by atoms with Gasteiger partial charge in [0.1, 0.15) is 10.8 Å². The molecule has 0 unspecified atom stereocenters. The highest BCUT2D eigenvalue weighted by Crippen LogP contribution is 2.23. The van der Waals surface area contributed by atoms with E-state index in [1.54, 1.807) is 11.3 Å². The number of nitrogen functional groups attached to an aromatic ring is 1. The van der Waals surface area contributed by atoms with Crippen LogP contribution in [0.4, 0.5) is 0 Å². The summed E-state index contributed by atoms with van der Waals surface area (Å²) in [6.07, 6.45) is 3.42. The molecule has 2 rings (SSSR count). The van der Waals surface area contributed by atoms with Crippen molar-refractivity contribution < 1.29 is 0 Å². The van der Waals surface area contributed by atoms with Gasteiger partial charge in [0.15, 0.2) is 0 Å². The molecule has 0 saturated carbocycles. The summed E-state index contributed by atoms with van der Waals surface area (Å²) < 4.78 is 0. The number of amidine groups is 1. The van der Waals surface area contributed by atoms with Crippen LogP contribution in [0.15, 0.2) is 0 Å². The van der Waals surface area contributed by atoms with Gasteiger partial charge in [-0.2, -0.15) is 0 Å². The maximum absolute atomic E-state index is 7.57. The first-order valence-corrected chi connectivity index (χ1v) is 7.47. The van der Waals surface area contributed by atoms with Crippen molar-refractivity contribution in [1.29, 1.82) is 5.41 Å². The lowest BCUT2D eigenvalue weighted by molar-refractivity contribution is 0.185. The molecule has 1 aliphatic heterocycles. The van der Waals surface area contributed by atoms with Crippen molar-refractivity contribution in [1.82, 2.24) is 9.88 Å². The summed E-state index contributed by atoms with van der Waals surface area (Å²) in [5.41, 5.74) is 6.57. The molecule has 2 heterocycles. The van der Waals surface area contributed by atoms with Crippen LogP contribution < -0.4 is 5.73 Å². The van der Waals surface area contributed by atoms with Gasteiger partial charge in [0, 0.05) is 0 Å². The zero-order chi connectivity index (χ0) is 13.1. The maximum atomic E-state index is 7.57. The van der Waals surface area contributed by atoms with Crippen LogP contribution in [-0.2, 0) is 13.0 Å². The molecule has 0 aromatic carbocycles. The van der Waals surface area contributed by atoms with E-state index in [0.717, 1.165) is 47.6 Å². The van der Waals surface area contributed by atoms with E-state index < -0.39 is 0 Å².